The van der Waals surface area contributed by atoms with Gasteiger partial charge in [-0.05, 0) is 32.2 Å². The van der Waals surface area contributed by atoms with Gasteiger partial charge >= 0.3 is 5.97 Å². The lowest BCUT2D eigenvalue weighted by Gasteiger charge is -2.31. The van der Waals surface area contributed by atoms with Crippen molar-refractivity contribution in [2.24, 2.45) is 11.8 Å². The Morgan fingerprint density at radius 3 is 2.57 bits per heavy atom. The van der Waals surface area contributed by atoms with Crippen molar-refractivity contribution >= 4 is 5.97 Å². The zero-order chi connectivity index (χ0) is 10.6. The topological polar surface area (TPSA) is 40.5 Å². The molecule has 1 atom stereocenters. The summed E-state index contributed by atoms with van der Waals surface area (Å²) in [6, 6.07) is 0. The normalized spacial score (nSPS) is 19.4. The number of hydrogen-bond acceptors (Lipinski definition) is 2. The van der Waals surface area contributed by atoms with Crippen LogP contribution in [0.1, 0.15) is 32.6 Å². The summed E-state index contributed by atoms with van der Waals surface area (Å²) in [6.07, 6.45) is 4.74. The van der Waals surface area contributed by atoms with E-state index in [0.717, 1.165) is 18.9 Å². The smallest absolute Gasteiger partial charge is 0.307 e. The monoisotopic (exact) mass is 199 g/mol. The Bertz CT molecular complexity index is 190. The molecule has 1 N–H and O–H groups in total. The third-order valence-corrected chi connectivity index (χ3v) is 3.17. The molecule has 0 saturated heterocycles. The SMILES string of the molecule is CCC(CN(C)CC1CCC1)C(=O)O. The molecule has 0 radical (unpaired) electrons. The highest BCUT2D eigenvalue weighted by atomic mass is 16.4. The zero-order valence-electron chi connectivity index (χ0n) is 9.20. The highest BCUT2D eigenvalue weighted by molar-refractivity contribution is 5.70. The van der Waals surface area contributed by atoms with Crippen molar-refractivity contribution in [1.29, 1.82) is 0 Å². The lowest BCUT2D eigenvalue weighted by Crippen LogP contribution is -2.35. The second-order valence-electron chi connectivity index (χ2n) is 4.46. The maximum absolute atomic E-state index is 10.8. The third-order valence-electron chi connectivity index (χ3n) is 3.17. The molecule has 0 aromatic heterocycles. The fourth-order valence-corrected chi connectivity index (χ4v) is 1.95. The van der Waals surface area contributed by atoms with Crippen molar-refractivity contribution in [3.8, 4) is 0 Å². The summed E-state index contributed by atoms with van der Waals surface area (Å²) in [6.45, 7) is 3.71. The maximum atomic E-state index is 10.8. The van der Waals surface area contributed by atoms with Crippen molar-refractivity contribution in [3.63, 3.8) is 0 Å². The molecule has 1 fully saturated rings. The predicted octanol–water partition coefficient (Wildman–Crippen LogP) is 1.83. The molecule has 14 heavy (non-hydrogen) atoms. The quantitative estimate of drug-likeness (QED) is 0.709. The van der Waals surface area contributed by atoms with E-state index in [1.165, 1.54) is 19.3 Å². The van der Waals surface area contributed by atoms with E-state index in [2.05, 4.69) is 4.90 Å². The average Bonchev–Trinajstić information content (AvgIpc) is 2.07. The number of rotatable bonds is 6. The van der Waals surface area contributed by atoms with E-state index in [0.29, 0.717) is 6.54 Å². The molecule has 1 saturated carbocycles. The first-order valence-electron chi connectivity index (χ1n) is 5.54. The summed E-state index contributed by atoms with van der Waals surface area (Å²) in [5.74, 6) is -0.0284. The van der Waals surface area contributed by atoms with Crippen molar-refractivity contribution in [2.45, 2.75) is 32.6 Å². The molecule has 0 aromatic rings. The van der Waals surface area contributed by atoms with E-state index in [1.54, 1.807) is 0 Å². The van der Waals surface area contributed by atoms with E-state index in [-0.39, 0.29) is 5.92 Å². The van der Waals surface area contributed by atoms with Gasteiger partial charge in [0.1, 0.15) is 0 Å². The van der Waals surface area contributed by atoms with Crippen LogP contribution in [0.25, 0.3) is 0 Å². The number of carboxylic acid groups (broad SMARTS) is 1. The summed E-state index contributed by atoms with van der Waals surface area (Å²) in [7, 11) is 2.03. The van der Waals surface area contributed by atoms with Gasteiger partial charge < -0.3 is 10.0 Å². The van der Waals surface area contributed by atoms with Gasteiger partial charge in [-0.15, -0.1) is 0 Å². The van der Waals surface area contributed by atoms with Crippen molar-refractivity contribution in [3.05, 3.63) is 0 Å². The van der Waals surface area contributed by atoms with Gasteiger partial charge in [0.05, 0.1) is 5.92 Å². The number of carbonyl (C=O) groups is 1. The fraction of sp³-hybridized carbons (Fsp3) is 0.909. The van der Waals surface area contributed by atoms with Crippen LogP contribution in [0, 0.1) is 11.8 Å². The Hall–Kier alpha value is -0.570. The van der Waals surface area contributed by atoms with Gasteiger partial charge in [0, 0.05) is 13.1 Å². The molecule has 0 aliphatic heterocycles. The second kappa shape index (κ2) is 5.35. The van der Waals surface area contributed by atoms with Crippen LogP contribution in [-0.2, 0) is 4.79 Å². The fourth-order valence-electron chi connectivity index (χ4n) is 1.95. The van der Waals surface area contributed by atoms with E-state index >= 15 is 0 Å². The van der Waals surface area contributed by atoms with Gasteiger partial charge in [-0.2, -0.15) is 0 Å². The minimum absolute atomic E-state index is 0.194. The van der Waals surface area contributed by atoms with Crippen LogP contribution in [0.4, 0.5) is 0 Å². The van der Waals surface area contributed by atoms with E-state index < -0.39 is 5.97 Å². The first-order chi connectivity index (χ1) is 6.63. The Kier molecular flexibility index (Phi) is 4.39. The predicted molar refractivity (Wildman–Crippen MR) is 56.3 cm³/mol. The van der Waals surface area contributed by atoms with E-state index in [9.17, 15) is 4.79 Å². The number of nitrogens with zero attached hydrogens (tertiary/aromatic N) is 1. The lowest BCUT2D eigenvalue weighted by atomic mass is 9.85. The standard InChI is InChI=1S/C11H21NO2/c1-3-10(11(13)14)8-12(2)7-9-5-4-6-9/h9-10H,3-8H2,1-2H3,(H,13,14). The largest absolute Gasteiger partial charge is 0.481 e. The van der Waals surface area contributed by atoms with Crippen LogP contribution in [0.3, 0.4) is 0 Å². The molecular formula is C11H21NO2. The number of carboxylic acids is 1. The Balaban J connectivity index is 2.22. The van der Waals surface area contributed by atoms with Crippen molar-refractivity contribution in [2.75, 3.05) is 20.1 Å². The van der Waals surface area contributed by atoms with Gasteiger partial charge in [0.15, 0.2) is 0 Å². The van der Waals surface area contributed by atoms with Gasteiger partial charge in [-0.1, -0.05) is 13.3 Å². The first kappa shape index (κ1) is 11.5. The Morgan fingerprint density at radius 2 is 2.21 bits per heavy atom. The summed E-state index contributed by atoms with van der Waals surface area (Å²) in [5.41, 5.74) is 0. The molecule has 82 valence electrons. The molecule has 1 aliphatic carbocycles. The molecular weight excluding hydrogens is 178 g/mol. The minimum Gasteiger partial charge on any atom is -0.481 e. The molecule has 0 amide bonds. The first-order valence-corrected chi connectivity index (χ1v) is 5.54. The molecule has 0 aromatic carbocycles. The van der Waals surface area contributed by atoms with Gasteiger partial charge in [0.25, 0.3) is 0 Å². The minimum atomic E-state index is -0.659. The molecule has 0 spiro atoms. The molecule has 0 bridgehead atoms. The summed E-state index contributed by atoms with van der Waals surface area (Å²) < 4.78 is 0. The van der Waals surface area contributed by atoms with Crippen LogP contribution in [0.15, 0.2) is 0 Å². The van der Waals surface area contributed by atoms with Crippen LogP contribution >= 0.6 is 0 Å². The van der Waals surface area contributed by atoms with Gasteiger partial charge in [-0.3, -0.25) is 4.79 Å². The van der Waals surface area contributed by atoms with Crippen molar-refractivity contribution < 1.29 is 9.90 Å². The number of hydrogen-bond donors (Lipinski definition) is 1. The van der Waals surface area contributed by atoms with Gasteiger partial charge in [0.2, 0.25) is 0 Å². The molecule has 0 heterocycles. The van der Waals surface area contributed by atoms with E-state index in [4.69, 9.17) is 5.11 Å². The maximum Gasteiger partial charge on any atom is 0.307 e. The molecule has 1 aliphatic rings. The molecule has 3 heteroatoms. The van der Waals surface area contributed by atoms with Crippen LogP contribution < -0.4 is 0 Å². The van der Waals surface area contributed by atoms with Crippen LogP contribution in [-0.4, -0.2) is 36.1 Å². The third kappa shape index (κ3) is 3.29. The van der Waals surface area contributed by atoms with Crippen LogP contribution in [0.2, 0.25) is 0 Å². The van der Waals surface area contributed by atoms with Crippen LogP contribution in [0.5, 0.6) is 0 Å². The highest BCUT2D eigenvalue weighted by Crippen LogP contribution is 2.26. The lowest BCUT2D eigenvalue weighted by molar-refractivity contribution is -0.142. The summed E-state index contributed by atoms with van der Waals surface area (Å²) >= 11 is 0. The average molecular weight is 199 g/mol. The second-order valence-corrected chi connectivity index (χ2v) is 4.46. The summed E-state index contributed by atoms with van der Waals surface area (Å²) in [5, 5.41) is 8.90. The van der Waals surface area contributed by atoms with E-state index in [1.807, 2.05) is 14.0 Å². The Labute approximate surface area is 86.1 Å². The number of aliphatic carboxylic acids is 1. The molecule has 1 unspecified atom stereocenters. The highest BCUT2D eigenvalue weighted by Gasteiger charge is 2.22. The Morgan fingerprint density at radius 1 is 1.57 bits per heavy atom. The van der Waals surface area contributed by atoms with Gasteiger partial charge in [-0.25, -0.2) is 0 Å². The summed E-state index contributed by atoms with van der Waals surface area (Å²) in [4.78, 5) is 13.0. The molecule has 1 rings (SSSR count). The molecule has 3 nitrogen and oxygen atoms in total. The van der Waals surface area contributed by atoms with Crippen molar-refractivity contribution in [1.82, 2.24) is 4.90 Å². The zero-order valence-corrected chi connectivity index (χ0v) is 9.20.